The van der Waals surface area contributed by atoms with Crippen LogP contribution in [-0.2, 0) is 0 Å². The van der Waals surface area contributed by atoms with Crippen LogP contribution in [0.5, 0.6) is 11.6 Å². The molecular formula is C16H17FN2O3. The first-order valence-electron chi connectivity index (χ1n) is 6.75. The van der Waals surface area contributed by atoms with E-state index in [4.69, 9.17) is 9.47 Å². The molecule has 1 heterocycles. The van der Waals surface area contributed by atoms with Gasteiger partial charge in [0.15, 0.2) is 0 Å². The minimum absolute atomic E-state index is 0.234. The second-order valence-corrected chi connectivity index (χ2v) is 4.60. The van der Waals surface area contributed by atoms with Crippen molar-refractivity contribution in [3.63, 3.8) is 0 Å². The molecular weight excluding hydrogens is 287 g/mol. The lowest BCUT2D eigenvalue weighted by Gasteiger charge is -2.17. The molecule has 1 aromatic heterocycles. The molecule has 1 aromatic carbocycles. The Hall–Kier alpha value is -2.63. The molecule has 0 spiro atoms. The quantitative estimate of drug-likeness (QED) is 0.822. The first-order valence-corrected chi connectivity index (χ1v) is 6.75. The highest BCUT2D eigenvalue weighted by Crippen LogP contribution is 2.12. The molecule has 0 fully saturated rings. The fraction of sp³-hybridized carbons (Fsp3) is 0.250. The maximum Gasteiger partial charge on any atom is 0.272 e. The second kappa shape index (κ2) is 7.40. The summed E-state index contributed by atoms with van der Waals surface area (Å²) in [6, 6.07) is 10.9. The number of amides is 1. The number of aromatic nitrogens is 1. The van der Waals surface area contributed by atoms with Gasteiger partial charge < -0.3 is 14.4 Å². The van der Waals surface area contributed by atoms with Crippen molar-refractivity contribution in [2.24, 2.45) is 0 Å². The summed E-state index contributed by atoms with van der Waals surface area (Å²) in [4.78, 5) is 17.8. The zero-order chi connectivity index (χ0) is 15.9. The smallest absolute Gasteiger partial charge is 0.272 e. The fourth-order valence-corrected chi connectivity index (χ4v) is 1.80. The number of ether oxygens (including phenoxy) is 2. The molecule has 0 saturated heterocycles. The summed E-state index contributed by atoms with van der Waals surface area (Å²) < 4.78 is 23.4. The number of likely N-dealkylation sites (N-methyl/N-ethyl adjacent to an activating group) is 1. The Bertz CT molecular complexity index is 649. The van der Waals surface area contributed by atoms with Crippen LogP contribution in [-0.4, -0.2) is 43.1 Å². The predicted octanol–water partition coefficient (Wildman–Crippen LogP) is 2.38. The Morgan fingerprint density at radius 2 is 2.05 bits per heavy atom. The van der Waals surface area contributed by atoms with Crippen LogP contribution in [0.4, 0.5) is 4.39 Å². The Morgan fingerprint density at radius 3 is 2.77 bits per heavy atom. The number of hydrogen-bond donors (Lipinski definition) is 0. The van der Waals surface area contributed by atoms with Gasteiger partial charge in [0.25, 0.3) is 5.91 Å². The van der Waals surface area contributed by atoms with Gasteiger partial charge in [0.2, 0.25) is 5.88 Å². The third kappa shape index (κ3) is 4.18. The third-order valence-corrected chi connectivity index (χ3v) is 2.99. The molecule has 2 rings (SSSR count). The van der Waals surface area contributed by atoms with Gasteiger partial charge in [0.05, 0.1) is 13.7 Å². The van der Waals surface area contributed by atoms with E-state index in [0.717, 1.165) is 0 Å². The van der Waals surface area contributed by atoms with E-state index in [1.165, 1.54) is 24.1 Å². The number of hydrogen-bond acceptors (Lipinski definition) is 4. The minimum atomic E-state index is -0.359. The Labute approximate surface area is 128 Å². The van der Waals surface area contributed by atoms with E-state index in [1.54, 1.807) is 37.4 Å². The molecule has 0 aliphatic carbocycles. The number of rotatable bonds is 6. The van der Waals surface area contributed by atoms with Gasteiger partial charge in [-0.15, -0.1) is 0 Å². The summed E-state index contributed by atoms with van der Waals surface area (Å²) in [6.07, 6.45) is 0. The van der Waals surface area contributed by atoms with Gasteiger partial charge in [-0.25, -0.2) is 9.37 Å². The van der Waals surface area contributed by atoms with Crippen molar-refractivity contribution in [2.45, 2.75) is 0 Å². The lowest BCUT2D eigenvalue weighted by molar-refractivity contribution is 0.0767. The molecule has 0 N–H and O–H groups in total. The number of carbonyl (C=O) groups excluding carboxylic acids is 1. The van der Waals surface area contributed by atoms with E-state index in [9.17, 15) is 9.18 Å². The number of benzene rings is 1. The summed E-state index contributed by atoms with van der Waals surface area (Å²) in [5.74, 6) is 0.222. The zero-order valence-corrected chi connectivity index (χ0v) is 12.5. The molecule has 1 amide bonds. The van der Waals surface area contributed by atoms with E-state index in [1.807, 2.05) is 0 Å². The van der Waals surface area contributed by atoms with E-state index in [0.29, 0.717) is 23.9 Å². The molecule has 0 aliphatic heterocycles. The summed E-state index contributed by atoms with van der Waals surface area (Å²) >= 11 is 0. The topological polar surface area (TPSA) is 51.7 Å². The standard InChI is InChI=1S/C16H17FN2O3/c1-19(9-10-22-13-6-3-5-12(17)11-13)16(20)14-7-4-8-15(18-14)21-2/h3-8,11H,9-10H2,1-2H3. The van der Waals surface area contributed by atoms with E-state index >= 15 is 0 Å². The molecule has 22 heavy (non-hydrogen) atoms. The highest BCUT2D eigenvalue weighted by Gasteiger charge is 2.13. The van der Waals surface area contributed by atoms with Crippen molar-refractivity contribution in [2.75, 3.05) is 27.3 Å². The molecule has 0 unspecified atom stereocenters. The first-order chi connectivity index (χ1) is 10.6. The number of halogens is 1. The van der Waals surface area contributed by atoms with Crippen LogP contribution in [0, 0.1) is 5.82 Å². The van der Waals surface area contributed by atoms with Gasteiger partial charge in [-0.1, -0.05) is 12.1 Å². The monoisotopic (exact) mass is 304 g/mol. The molecule has 0 bridgehead atoms. The highest BCUT2D eigenvalue weighted by atomic mass is 19.1. The van der Waals surface area contributed by atoms with Gasteiger partial charge in [-0.05, 0) is 18.2 Å². The number of methoxy groups -OCH3 is 1. The number of carbonyl (C=O) groups is 1. The van der Waals surface area contributed by atoms with Crippen molar-refractivity contribution >= 4 is 5.91 Å². The van der Waals surface area contributed by atoms with Crippen LogP contribution in [0.1, 0.15) is 10.5 Å². The average Bonchev–Trinajstić information content (AvgIpc) is 2.54. The first kappa shape index (κ1) is 15.8. The molecule has 0 radical (unpaired) electrons. The number of nitrogens with zero attached hydrogens (tertiary/aromatic N) is 2. The van der Waals surface area contributed by atoms with Gasteiger partial charge in [0.1, 0.15) is 23.9 Å². The van der Waals surface area contributed by atoms with Gasteiger partial charge in [-0.2, -0.15) is 0 Å². The van der Waals surface area contributed by atoms with Crippen LogP contribution < -0.4 is 9.47 Å². The van der Waals surface area contributed by atoms with Crippen LogP contribution in [0.15, 0.2) is 42.5 Å². The van der Waals surface area contributed by atoms with Crippen molar-refractivity contribution in [3.8, 4) is 11.6 Å². The lowest BCUT2D eigenvalue weighted by atomic mass is 10.3. The molecule has 0 saturated carbocycles. The van der Waals surface area contributed by atoms with Crippen LogP contribution in [0.3, 0.4) is 0 Å². The molecule has 0 aliphatic rings. The number of pyridine rings is 1. The van der Waals surface area contributed by atoms with Crippen LogP contribution in [0.2, 0.25) is 0 Å². The summed E-state index contributed by atoms with van der Waals surface area (Å²) in [5, 5.41) is 0. The average molecular weight is 304 g/mol. The van der Waals surface area contributed by atoms with Crippen LogP contribution >= 0.6 is 0 Å². The van der Waals surface area contributed by atoms with Crippen molar-refractivity contribution in [3.05, 3.63) is 54.0 Å². The van der Waals surface area contributed by atoms with E-state index in [-0.39, 0.29) is 18.3 Å². The van der Waals surface area contributed by atoms with Crippen molar-refractivity contribution in [1.82, 2.24) is 9.88 Å². The highest BCUT2D eigenvalue weighted by molar-refractivity contribution is 5.92. The normalized spacial score (nSPS) is 10.1. The van der Waals surface area contributed by atoms with Gasteiger partial charge >= 0.3 is 0 Å². The summed E-state index contributed by atoms with van der Waals surface area (Å²) in [7, 11) is 3.14. The molecule has 0 atom stereocenters. The SMILES string of the molecule is COc1cccc(C(=O)N(C)CCOc2cccc(F)c2)n1. The maximum atomic E-state index is 13.0. The maximum absolute atomic E-state index is 13.0. The largest absolute Gasteiger partial charge is 0.492 e. The van der Waals surface area contributed by atoms with Gasteiger partial charge in [0, 0.05) is 19.2 Å². The van der Waals surface area contributed by atoms with Gasteiger partial charge in [-0.3, -0.25) is 4.79 Å². The van der Waals surface area contributed by atoms with Crippen LogP contribution in [0.25, 0.3) is 0 Å². The minimum Gasteiger partial charge on any atom is -0.492 e. The Kier molecular flexibility index (Phi) is 5.30. The summed E-state index contributed by atoms with van der Waals surface area (Å²) in [5.41, 5.74) is 0.299. The molecule has 2 aromatic rings. The lowest BCUT2D eigenvalue weighted by Crippen LogP contribution is -2.31. The second-order valence-electron chi connectivity index (χ2n) is 4.60. The van der Waals surface area contributed by atoms with Crippen molar-refractivity contribution < 1.29 is 18.7 Å². The molecule has 116 valence electrons. The Balaban J connectivity index is 1.88. The van der Waals surface area contributed by atoms with Crippen molar-refractivity contribution in [1.29, 1.82) is 0 Å². The molecule has 6 heteroatoms. The third-order valence-electron chi connectivity index (χ3n) is 2.99. The Morgan fingerprint density at radius 1 is 1.27 bits per heavy atom. The summed E-state index contributed by atoms with van der Waals surface area (Å²) in [6.45, 7) is 0.615. The predicted molar refractivity (Wildman–Crippen MR) is 79.6 cm³/mol. The molecule has 5 nitrogen and oxygen atoms in total. The van der Waals surface area contributed by atoms with E-state index < -0.39 is 0 Å². The fourth-order valence-electron chi connectivity index (χ4n) is 1.80. The zero-order valence-electron chi connectivity index (χ0n) is 12.5. The van der Waals surface area contributed by atoms with E-state index in [2.05, 4.69) is 4.98 Å².